The number of anilines is 1. The number of fused-ring (bicyclic) bond motifs is 1. The Morgan fingerprint density at radius 2 is 1.97 bits per heavy atom. The summed E-state index contributed by atoms with van der Waals surface area (Å²) >= 11 is 2.84. The Labute approximate surface area is 189 Å². The topological polar surface area (TPSA) is 73.2 Å². The molecule has 8 heteroatoms. The van der Waals surface area contributed by atoms with Crippen LogP contribution in [0.1, 0.15) is 19.5 Å². The van der Waals surface area contributed by atoms with E-state index in [-0.39, 0.29) is 17.2 Å². The van der Waals surface area contributed by atoms with E-state index >= 15 is 0 Å². The van der Waals surface area contributed by atoms with Crippen molar-refractivity contribution in [2.24, 2.45) is 0 Å². The number of aromatic nitrogens is 2. The summed E-state index contributed by atoms with van der Waals surface area (Å²) in [4.78, 5) is 31.2. The fraction of sp³-hybridized carbons (Fsp3) is 0.261. The number of carbonyl (C=O) groups excluding carboxylic acids is 1. The van der Waals surface area contributed by atoms with Gasteiger partial charge in [0.2, 0.25) is 5.91 Å². The Morgan fingerprint density at radius 3 is 2.68 bits per heavy atom. The smallest absolute Gasteiger partial charge is 0.272 e. The van der Waals surface area contributed by atoms with Gasteiger partial charge in [-0.1, -0.05) is 36.9 Å². The van der Waals surface area contributed by atoms with Gasteiger partial charge in [0.1, 0.15) is 5.75 Å². The molecule has 0 saturated heterocycles. The largest absolute Gasteiger partial charge is 0.494 e. The summed E-state index contributed by atoms with van der Waals surface area (Å²) in [6, 6.07) is 16.7. The number of hydrogen-bond acceptors (Lipinski definition) is 6. The Bertz CT molecular complexity index is 1130. The van der Waals surface area contributed by atoms with E-state index in [0.717, 1.165) is 23.6 Å². The molecule has 1 amide bonds. The third kappa shape index (κ3) is 4.97. The lowest BCUT2D eigenvalue weighted by Gasteiger charge is -2.13. The van der Waals surface area contributed by atoms with Crippen molar-refractivity contribution in [3.8, 4) is 11.4 Å². The van der Waals surface area contributed by atoms with E-state index in [4.69, 9.17) is 9.72 Å². The van der Waals surface area contributed by atoms with Crippen molar-refractivity contribution in [3.63, 3.8) is 0 Å². The lowest BCUT2D eigenvalue weighted by atomic mass is 10.2. The molecule has 31 heavy (non-hydrogen) atoms. The predicted molar refractivity (Wildman–Crippen MR) is 126 cm³/mol. The number of carbonyl (C=O) groups is 1. The average Bonchev–Trinajstić information content (AvgIpc) is 3.15. The zero-order valence-corrected chi connectivity index (χ0v) is 19.0. The Hall–Kier alpha value is -2.71. The van der Waals surface area contributed by atoms with E-state index in [1.54, 1.807) is 28.5 Å². The molecule has 1 aliphatic rings. The molecular weight excluding hydrogens is 430 g/mol. The fourth-order valence-corrected chi connectivity index (χ4v) is 5.26. The van der Waals surface area contributed by atoms with Gasteiger partial charge in [-0.05, 0) is 43.3 Å². The van der Waals surface area contributed by atoms with Crippen LogP contribution in [-0.4, -0.2) is 33.1 Å². The zero-order chi connectivity index (χ0) is 21.8. The molecule has 0 bridgehead atoms. The maximum Gasteiger partial charge on any atom is 0.272 e. The van der Waals surface area contributed by atoms with Crippen LogP contribution in [0.5, 0.6) is 5.75 Å². The minimum absolute atomic E-state index is 0.0695. The van der Waals surface area contributed by atoms with Gasteiger partial charge in [-0.2, -0.15) is 0 Å². The molecule has 0 radical (unpaired) electrons. The molecule has 160 valence electrons. The molecule has 1 aliphatic heterocycles. The number of rotatable bonds is 7. The predicted octanol–water partition coefficient (Wildman–Crippen LogP) is 4.40. The molecular formula is C23H23N3O3S2. The number of benzene rings is 2. The molecule has 3 aromatic rings. The van der Waals surface area contributed by atoms with Crippen molar-refractivity contribution >= 4 is 35.1 Å². The van der Waals surface area contributed by atoms with Gasteiger partial charge in [0.15, 0.2) is 5.16 Å². The minimum atomic E-state index is -0.161. The van der Waals surface area contributed by atoms with E-state index < -0.39 is 0 Å². The Kier molecular flexibility index (Phi) is 6.67. The van der Waals surface area contributed by atoms with Gasteiger partial charge < -0.3 is 10.1 Å². The first-order valence-electron chi connectivity index (χ1n) is 10.1. The number of nitrogens with zero attached hydrogens (tertiary/aromatic N) is 2. The summed E-state index contributed by atoms with van der Waals surface area (Å²) in [7, 11) is 0. The van der Waals surface area contributed by atoms with E-state index in [2.05, 4.69) is 12.2 Å². The van der Waals surface area contributed by atoms with Crippen LogP contribution in [0.15, 0.2) is 69.4 Å². The molecule has 6 nitrogen and oxygen atoms in total. The number of ether oxygens (including phenoxy) is 1. The van der Waals surface area contributed by atoms with Crippen molar-refractivity contribution in [3.05, 3.63) is 70.6 Å². The molecule has 2 aromatic carbocycles. The molecule has 4 rings (SSSR count). The van der Waals surface area contributed by atoms with E-state index in [1.807, 2.05) is 49.4 Å². The zero-order valence-electron chi connectivity index (χ0n) is 17.3. The van der Waals surface area contributed by atoms with Crippen LogP contribution in [0, 0.1) is 0 Å². The van der Waals surface area contributed by atoms with Crippen LogP contribution in [-0.2, 0) is 11.2 Å². The van der Waals surface area contributed by atoms with Crippen molar-refractivity contribution in [1.29, 1.82) is 0 Å². The van der Waals surface area contributed by atoms with Crippen molar-refractivity contribution in [2.45, 2.75) is 35.6 Å². The molecule has 1 unspecified atom stereocenters. The summed E-state index contributed by atoms with van der Waals surface area (Å²) in [5, 5.41) is 3.74. The summed E-state index contributed by atoms with van der Waals surface area (Å²) in [6.45, 7) is 4.61. The highest BCUT2D eigenvalue weighted by Gasteiger charge is 2.27. The number of hydrogen-bond donors (Lipinski definition) is 1. The van der Waals surface area contributed by atoms with Crippen LogP contribution < -0.4 is 15.6 Å². The lowest BCUT2D eigenvalue weighted by Crippen LogP contribution is -2.24. The minimum Gasteiger partial charge on any atom is -0.494 e. The monoisotopic (exact) mass is 453 g/mol. The standard InChI is InChI=1S/C23H23N3O3S2/c1-3-29-18-11-9-16(10-12-18)24-20(27)14-30-23-25-19-13-15(2)31-21(19)22(28)26(23)17-7-5-4-6-8-17/h4-12,15H,3,13-14H2,1-2H3,(H,24,27). The quantitative estimate of drug-likeness (QED) is 0.422. The summed E-state index contributed by atoms with van der Waals surface area (Å²) < 4.78 is 7.03. The number of amides is 1. The van der Waals surface area contributed by atoms with E-state index in [0.29, 0.717) is 27.6 Å². The van der Waals surface area contributed by atoms with Gasteiger partial charge in [-0.25, -0.2) is 4.98 Å². The highest BCUT2D eigenvalue weighted by Crippen LogP contribution is 2.34. The third-order valence-electron chi connectivity index (χ3n) is 4.68. The van der Waals surface area contributed by atoms with E-state index in [9.17, 15) is 9.59 Å². The van der Waals surface area contributed by atoms with Crippen LogP contribution in [0.2, 0.25) is 0 Å². The van der Waals surface area contributed by atoms with E-state index in [1.165, 1.54) is 11.8 Å². The van der Waals surface area contributed by atoms with Gasteiger partial charge in [0.05, 0.1) is 28.6 Å². The second kappa shape index (κ2) is 9.62. The first-order valence-corrected chi connectivity index (χ1v) is 11.9. The average molecular weight is 454 g/mol. The van der Waals surface area contributed by atoms with Crippen molar-refractivity contribution in [2.75, 3.05) is 17.7 Å². The molecule has 0 spiro atoms. The van der Waals surface area contributed by atoms with Crippen molar-refractivity contribution < 1.29 is 9.53 Å². The van der Waals surface area contributed by atoms with Gasteiger partial charge >= 0.3 is 0 Å². The second-order valence-electron chi connectivity index (χ2n) is 7.07. The van der Waals surface area contributed by atoms with Crippen molar-refractivity contribution in [1.82, 2.24) is 9.55 Å². The highest BCUT2D eigenvalue weighted by atomic mass is 32.2. The van der Waals surface area contributed by atoms with Crippen LogP contribution in [0.4, 0.5) is 5.69 Å². The van der Waals surface area contributed by atoms with Crippen LogP contribution in [0.3, 0.4) is 0 Å². The number of para-hydroxylation sites is 1. The first-order chi connectivity index (χ1) is 15.0. The molecule has 0 saturated carbocycles. The van der Waals surface area contributed by atoms with Gasteiger partial charge in [-0.15, -0.1) is 11.8 Å². The Balaban J connectivity index is 1.54. The summed E-state index contributed by atoms with van der Waals surface area (Å²) in [5.41, 5.74) is 2.20. The molecule has 1 N–H and O–H groups in total. The fourth-order valence-electron chi connectivity index (χ4n) is 3.33. The molecule has 2 heterocycles. The lowest BCUT2D eigenvalue weighted by molar-refractivity contribution is -0.113. The first kappa shape index (κ1) is 21.5. The second-order valence-corrected chi connectivity index (χ2v) is 9.46. The maximum atomic E-state index is 13.2. The molecule has 0 fully saturated rings. The third-order valence-corrected chi connectivity index (χ3v) is 6.83. The normalized spacial score (nSPS) is 14.8. The molecule has 0 aliphatic carbocycles. The summed E-state index contributed by atoms with van der Waals surface area (Å²) in [5.74, 6) is 0.746. The highest BCUT2D eigenvalue weighted by molar-refractivity contribution is 8.00. The Morgan fingerprint density at radius 1 is 1.23 bits per heavy atom. The summed E-state index contributed by atoms with van der Waals surface area (Å²) in [6.07, 6.45) is 0.761. The van der Waals surface area contributed by atoms with Crippen LogP contribution >= 0.6 is 23.5 Å². The van der Waals surface area contributed by atoms with Crippen LogP contribution in [0.25, 0.3) is 5.69 Å². The number of nitrogens with one attached hydrogen (secondary N) is 1. The van der Waals surface area contributed by atoms with Gasteiger partial charge in [0.25, 0.3) is 5.56 Å². The number of thioether (sulfide) groups is 2. The maximum absolute atomic E-state index is 13.2. The molecule has 1 atom stereocenters. The van der Waals surface area contributed by atoms with Gasteiger partial charge in [0, 0.05) is 17.4 Å². The van der Waals surface area contributed by atoms with Gasteiger partial charge in [-0.3, -0.25) is 14.2 Å². The molecule has 1 aromatic heterocycles. The SMILES string of the molecule is CCOc1ccc(NC(=O)CSc2nc3c(c(=O)n2-c2ccccc2)SC(C)C3)cc1.